The van der Waals surface area contributed by atoms with E-state index in [1.807, 2.05) is 19.0 Å². The van der Waals surface area contributed by atoms with Crippen molar-refractivity contribution in [1.29, 1.82) is 0 Å². The number of carbonyl (C=O) groups is 2. The van der Waals surface area contributed by atoms with Gasteiger partial charge in [0.2, 0.25) is 0 Å². The number of alkyl carbamates (subject to hydrolysis) is 1. The molecular formula is C10H18N2O4. The normalized spacial score (nSPS) is 11.9. The zero-order valence-corrected chi connectivity index (χ0v) is 9.60. The first-order chi connectivity index (χ1) is 7.47. The topological polar surface area (TPSA) is 78.9 Å². The van der Waals surface area contributed by atoms with E-state index in [1.54, 1.807) is 0 Å². The predicted octanol–water partition coefficient (Wildman–Crippen LogP) is 0.303. The van der Waals surface area contributed by atoms with E-state index in [4.69, 9.17) is 5.11 Å². The Kier molecular flexibility index (Phi) is 6.95. The van der Waals surface area contributed by atoms with Gasteiger partial charge in [-0.05, 0) is 20.5 Å². The summed E-state index contributed by atoms with van der Waals surface area (Å²) in [5.41, 5.74) is 0. The van der Waals surface area contributed by atoms with Gasteiger partial charge in [0.15, 0.2) is 0 Å². The van der Waals surface area contributed by atoms with E-state index in [0.717, 1.165) is 0 Å². The SMILES string of the molecule is C=CCOC(=O)N[C@@H](CCN(C)C)C(=O)O. The largest absolute Gasteiger partial charge is 0.480 e. The fourth-order valence-electron chi connectivity index (χ4n) is 0.963. The number of hydrogen-bond donors (Lipinski definition) is 2. The van der Waals surface area contributed by atoms with Crippen LogP contribution in [0.3, 0.4) is 0 Å². The maximum atomic E-state index is 11.1. The number of carboxylic acid groups (broad SMARTS) is 1. The van der Waals surface area contributed by atoms with Crippen molar-refractivity contribution in [3.8, 4) is 0 Å². The summed E-state index contributed by atoms with van der Waals surface area (Å²) in [6.07, 6.45) is 0.992. The minimum atomic E-state index is -1.07. The summed E-state index contributed by atoms with van der Waals surface area (Å²) in [5, 5.41) is 11.1. The van der Waals surface area contributed by atoms with Crippen molar-refractivity contribution in [3.63, 3.8) is 0 Å². The lowest BCUT2D eigenvalue weighted by atomic mass is 10.2. The summed E-state index contributed by atoms with van der Waals surface area (Å²) in [5.74, 6) is -1.07. The molecule has 1 atom stereocenters. The van der Waals surface area contributed by atoms with E-state index in [-0.39, 0.29) is 6.61 Å². The molecule has 0 radical (unpaired) electrons. The minimum Gasteiger partial charge on any atom is -0.480 e. The Morgan fingerprint density at radius 3 is 2.62 bits per heavy atom. The maximum Gasteiger partial charge on any atom is 0.408 e. The fourth-order valence-corrected chi connectivity index (χ4v) is 0.963. The molecule has 0 heterocycles. The van der Waals surface area contributed by atoms with Crippen LogP contribution in [0.4, 0.5) is 4.79 Å². The van der Waals surface area contributed by atoms with Crippen LogP contribution >= 0.6 is 0 Å². The van der Waals surface area contributed by atoms with Gasteiger partial charge in [0, 0.05) is 6.54 Å². The number of hydrogen-bond acceptors (Lipinski definition) is 4. The second kappa shape index (κ2) is 7.70. The Labute approximate surface area is 94.9 Å². The van der Waals surface area contributed by atoms with Gasteiger partial charge in [0.05, 0.1) is 0 Å². The third-order valence-electron chi connectivity index (χ3n) is 1.79. The smallest absolute Gasteiger partial charge is 0.408 e. The first kappa shape index (κ1) is 14.4. The molecule has 0 aromatic heterocycles. The van der Waals surface area contributed by atoms with Gasteiger partial charge >= 0.3 is 12.1 Å². The average Bonchev–Trinajstić information content (AvgIpc) is 2.20. The van der Waals surface area contributed by atoms with Crippen molar-refractivity contribution in [2.45, 2.75) is 12.5 Å². The summed E-state index contributed by atoms with van der Waals surface area (Å²) >= 11 is 0. The van der Waals surface area contributed by atoms with Crippen molar-refractivity contribution < 1.29 is 19.4 Å². The molecule has 0 saturated heterocycles. The molecular weight excluding hydrogens is 212 g/mol. The van der Waals surface area contributed by atoms with Crippen molar-refractivity contribution >= 4 is 12.1 Å². The van der Waals surface area contributed by atoms with Gasteiger partial charge in [-0.25, -0.2) is 9.59 Å². The van der Waals surface area contributed by atoms with Gasteiger partial charge in [0.1, 0.15) is 12.6 Å². The lowest BCUT2D eigenvalue weighted by Crippen LogP contribution is -2.42. The van der Waals surface area contributed by atoms with Crippen LogP contribution in [0, 0.1) is 0 Å². The van der Waals surface area contributed by atoms with Crippen LogP contribution in [0.2, 0.25) is 0 Å². The molecule has 0 fully saturated rings. The Balaban J connectivity index is 4.07. The van der Waals surface area contributed by atoms with E-state index in [1.165, 1.54) is 6.08 Å². The molecule has 0 aliphatic carbocycles. The van der Waals surface area contributed by atoms with Gasteiger partial charge in [-0.1, -0.05) is 12.7 Å². The van der Waals surface area contributed by atoms with Crippen LogP contribution in [0.25, 0.3) is 0 Å². The molecule has 0 aromatic rings. The Hall–Kier alpha value is -1.56. The second-order valence-electron chi connectivity index (χ2n) is 3.51. The quantitative estimate of drug-likeness (QED) is 0.615. The number of nitrogens with zero attached hydrogens (tertiary/aromatic N) is 1. The molecule has 6 nitrogen and oxygen atoms in total. The lowest BCUT2D eigenvalue weighted by Gasteiger charge is -2.16. The molecule has 0 unspecified atom stereocenters. The maximum absolute atomic E-state index is 11.1. The Bertz CT molecular complexity index is 253. The fraction of sp³-hybridized carbons (Fsp3) is 0.600. The molecule has 0 aromatic carbocycles. The molecule has 6 heteroatoms. The summed E-state index contributed by atoms with van der Waals surface area (Å²) in [6.45, 7) is 4.01. The number of nitrogens with one attached hydrogen (secondary N) is 1. The summed E-state index contributed by atoms with van der Waals surface area (Å²) < 4.78 is 4.63. The summed E-state index contributed by atoms with van der Waals surface area (Å²) in [4.78, 5) is 23.8. The van der Waals surface area contributed by atoms with E-state index in [2.05, 4.69) is 16.6 Å². The molecule has 0 saturated carbocycles. The standard InChI is InChI=1S/C10H18N2O4/c1-4-7-16-10(15)11-8(9(13)14)5-6-12(2)3/h4,8H,1,5-7H2,2-3H3,(H,11,15)(H,13,14)/t8-/m0/s1. The number of carbonyl (C=O) groups excluding carboxylic acids is 1. The van der Waals surface area contributed by atoms with E-state index in [9.17, 15) is 9.59 Å². The van der Waals surface area contributed by atoms with Crippen molar-refractivity contribution in [1.82, 2.24) is 10.2 Å². The van der Waals surface area contributed by atoms with Gasteiger partial charge < -0.3 is 20.1 Å². The van der Waals surface area contributed by atoms with Crippen LogP contribution in [0.1, 0.15) is 6.42 Å². The summed E-state index contributed by atoms with van der Waals surface area (Å²) in [6, 6.07) is -0.931. The molecule has 0 spiro atoms. The molecule has 92 valence electrons. The van der Waals surface area contributed by atoms with Gasteiger partial charge in [0.25, 0.3) is 0 Å². The Morgan fingerprint density at radius 2 is 2.19 bits per heavy atom. The second-order valence-corrected chi connectivity index (χ2v) is 3.51. The Morgan fingerprint density at radius 1 is 1.56 bits per heavy atom. The van der Waals surface area contributed by atoms with Gasteiger partial charge in [-0.3, -0.25) is 0 Å². The number of ether oxygens (including phenoxy) is 1. The number of carboxylic acids is 1. The van der Waals surface area contributed by atoms with Gasteiger partial charge in [-0.15, -0.1) is 0 Å². The van der Waals surface area contributed by atoms with Crippen molar-refractivity contribution in [2.24, 2.45) is 0 Å². The number of amides is 1. The molecule has 0 aliphatic heterocycles. The van der Waals surface area contributed by atoms with Crippen molar-refractivity contribution in [3.05, 3.63) is 12.7 Å². The molecule has 1 amide bonds. The monoisotopic (exact) mass is 230 g/mol. The number of rotatable bonds is 7. The molecule has 0 rings (SSSR count). The van der Waals surface area contributed by atoms with Crippen LogP contribution in [-0.4, -0.2) is 55.4 Å². The zero-order valence-electron chi connectivity index (χ0n) is 9.60. The van der Waals surface area contributed by atoms with E-state index < -0.39 is 18.1 Å². The highest BCUT2D eigenvalue weighted by Crippen LogP contribution is 1.95. The van der Waals surface area contributed by atoms with E-state index in [0.29, 0.717) is 13.0 Å². The minimum absolute atomic E-state index is 0.0614. The lowest BCUT2D eigenvalue weighted by molar-refractivity contribution is -0.139. The highest BCUT2D eigenvalue weighted by atomic mass is 16.5. The zero-order chi connectivity index (χ0) is 12.6. The van der Waals surface area contributed by atoms with Gasteiger partial charge in [-0.2, -0.15) is 0 Å². The summed E-state index contributed by atoms with van der Waals surface area (Å²) in [7, 11) is 3.66. The third kappa shape index (κ3) is 6.83. The first-order valence-corrected chi connectivity index (χ1v) is 4.89. The number of aliphatic carboxylic acids is 1. The molecule has 2 N–H and O–H groups in total. The van der Waals surface area contributed by atoms with Crippen LogP contribution < -0.4 is 5.32 Å². The molecule has 16 heavy (non-hydrogen) atoms. The van der Waals surface area contributed by atoms with Crippen LogP contribution in [-0.2, 0) is 9.53 Å². The highest BCUT2D eigenvalue weighted by molar-refractivity contribution is 5.79. The highest BCUT2D eigenvalue weighted by Gasteiger charge is 2.20. The third-order valence-corrected chi connectivity index (χ3v) is 1.79. The van der Waals surface area contributed by atoms with Crippen LogP contribution in [0.5, 0.6) is 0 Å². The first-order valence-electron chi connectivity index (χ1n) is 4.89. The molecule has 0 bridgehead atoms. The average molecular weight is 230 g/mol. The predicted molar refractivity (Wildman–Crippen MR) is 59.3 cm³/mol. The van der Waals surface area contributed by atoms with E-state index >= 15 is 0 Å². The van der Waals surface area contributed by atoms with Crippen LogP contribution in [0.15, 0.2) is 12.7 Å². The van der Waals surface area contributed by atoms with Crippen molar-refractivity contribution in [2.75, 3.05) is 27.2 Å². The molecule has 0 aliphatic rings.